The van der Waals surface area contributed by atoms with Crippen LogP contribution in [0.2, 0.25) is 10.0 Å². The van der Waals surface area contributed by atoms with Crippen LogP contribution in [0.25, 0.3) is 11.3 Å². The average molecular weight is 270 g/mol. The molecule has 2 aromatic rings. The summed E-state index contributed by atoms with van der Waals surface area (Å²) < 4.78 is 0. The first-order valence-electron chi connectivity index (χ1n) is 5.40. The van der Waals surface area contributed by atoms with Crippen LogP contribution in [0.3, 0.4) is 0 Å². The number of hydrogen-bond donors (Lipinski definition) is 2. The number of aromatic amines is 1. The summed E-state index contributed by atoms with van der Waals surface area (Å²) in [5.74, 6) is 0.918. The Balaban J connectivity index is 2.27. The van der Waals surface area contributed by atoms with Gasteiger partial charge in [0.05, 0.1) is 21.9 Å². The molecule has 0 fully saturated rings. The molecule has 0 bridgehead atoms. The molecule has 17 heavy (non-hydrogen) atoms. The number of nitrogens with one attached hydrogen (secondary N) is 1. The van der Waals surface area contributed by atoms with Crippen molar-refractivity contribution in [2.75, 3.05) is 6.54 Å². The van der Waals surface area contributed by atoms with Gasteiger partial charge in [-0.15, -0.1) is 0 Å². The Bertz CT molecular complexity index is 508. The molecule has 90 valence electrons. The van der Waals surface area contributed by atoms with Gasteiger partial charge in [0.2, 0.25) is 0 Å². The normalized spacial score (nSPS) is 10.8. The van der Waals surface area contributed by atoms with E-state index >= 15 is 0 Å². The summed E-state index contributed by atoms with van der Waals surface area (Å²) in [6, 6.07) is 5.54. The minimum absolute atomic E-state index is 0.544. The van der Waals surface area contributed by atoms with Crippen LogP contribution in [0.15, 0.2) is 24.4 Å². The van der Waals surface area contributed by atoms with Gasteiger partial charge in [0.15, 0.2) is 0 Å². The Labute approximate surface area is 110 Å². The maximum Gasteiger partial charge on any atom is 0.106 e. The number of nitrogens with two attached hydrogens (primary N) is 1. The second-order valence-corrected chi connectivity index (χ2v) is 4.52. The summed E-state index contributed by atoms with van der Waals surface area (Å²) in [7, 11) is 0. The van der Waals surface area contributed by atoms with E-state index in [0.29, 0.717) is 16.6 Å². The number of aryl methyl sites for hydroxylation is 1. The summed E-state index contributed by atoms with van der Waals surface area (Å²) in [6.07, 6.45) is 3.52. The van der Waals surface area contributed by atoms with Crippen molar-refractivity contribution in [3.8, 4) is 11.3 Å². The summed E-state index contributed by atoms with van der Waals surface area (Å²) in [4.78, 5) is 7.51. The van der Waals surface area contributed by atoms with Crippen LogP contribution < -0.4 is 5.73 Å². The van der Waals surface area contributed by atoms with Gasteiger partial charge in [0.25, 0.3) is 0 Å². The minimum Gasteiger partial charge on any atom is -0.342 e. The van der Waals surface area contributed by atoms with Gasteiger partial charge in [-0.1, -0.05) is 35.3 Å². The Kier molecular flexibility index (Phi) is 4.05. The second-order valence-electron chi connectivity index (χ2n) is 3.74. The minimum atomic E-state index is 0.544. The van der Waals surface area contributed by atoms with E-state index in [-0.39, 0.29) is 0 Å². The Morgan fingerprint density at radius 1 is 1.29 bits per heavy atom. The monoisotopic (exact) mass is 269 g/mol. The maximum atomic E-state index is 6.14. The molecule has 0 amide bonds. The van der Waals surface area contributed by atoms with Crippen molar-refractivity contribution in [1.82, 2.24) is 9.97 Å². The quantitative estimate of drug-likeness (QED) is 0.895. The van der Waals surface area contributed by atoms with Crippen molar-refractivity contribution in [2.24, 2.45) is 5.73 Å². The van der Waals surface area contributed by atoms with Gasteiger partial charge in [-0.05, 0) is 19.0 Å². The molecule has 0 saturated heterocycles. The largest absolute Gasteiger partial charge is 0.342 e. The van der Waals surface area contributed by atoms with E-state index in [9.17, 15) is 0 Å². The highest BCUT2D eigenvalue weighted by molar-refractivity contribution is 6.43. The molecule has 2 rings (SSSR count). The van der Waals surface area contributed by atoms with E-state index < -0.39 is 0 Å². The van der Waals surface area contributed by atoms with E-state index in [1.165, 1.54) is 0 Å². The zero-order valence-corrected chi connectivity index (χ0v) is 10.7. The number of nitrogens with zero attached hydrogens (tertiary/aromatic N) is 1. The van der Waals surface area contributed by atoms with Crippen LogP contribution in [0.1, 0.15) is 12.2 Å². The van der Waals surface area contributed by atoms with Crippen LogP contribution in [0, 0.1) is 0 Å². The highest BCUT2D eigenvalue weighted by atomic mass is 35.5. The van der Waals surface area contributed by atoms with Crippen molar-refractivity contribution >= 4 is 23.2 Å². The molecule has 3 nitrogen and oxygen atoms in total. The first-order valence-corrected chi connectivity index (χ1v) is 6.16. The molecule has 5 heteroatoms. The number of benzene rings is 1. The molecular weight excluding hydrogens is 257 g/mol. The van der Waals surface area contributed by atoms with Gasteiger partial charge in [0.1, 0.15) is 5.82 Å². The van der Waals surface area contributed by atoms with Gasteiger partial charge in [-0.3, -0.25) is 0 Å². The first kappa shape index (κ1) is 12.4. The van der Waals surface area contributed by atoms with Crippen molar-refractivity contribution in [3.05, 3.63) is 40.3 Å². The van der Waals surface area contributed by atoms with Crippen molar-refractivity contribution < 1.29 is 0 Å². The Morgan fingerprint density at radius 3 is 2.88 bits per heavy atom. The fourth-order valence-corrected chi connectivity index (χ4v) is 2.01. The molecule has 0 atom stereocenters. The standard InChI is InChI=1S/C12H13Cl2N3/c13-9-4-1-3-8(12(9)14)10-7-16-11(17-10)5-2-6-15/h1,3-4,7H,2,5-6,15H2,(H,16,17). The van der Waals surface area contributed by atoms with Gasteiger partial charge in [-0.2, -0.15) is 0 Å². The zero-order valence-electron chi connectivity index (χ0n) is 9.21. The topological polar surface area (TPSA) is 54.7 Å². The lowest BCUT2D eigenvalue weighted by molar-refractivity contribution is 0.794. The number of aromatic nitrogens is 2. The Morgan fingerprint density at radius 2 is 2.12 bits per heavy atom. The predicted octanol–water partition coefficient (Wildman–Crippen LogP) is 3.27. The van der Waals surface area contributed by atoms with Crippen LogP contribution in [0.4, 0.5) is 0 Å². The van der Waals surface area contributed by atoms with Gasteiger partial charge in [-0.25, -0.2) is 4.98 Å². The third kappa shape index (κ3) is 2.80. The lowest BCUT2D eigenvalue weighted by Crippen LogP contribution is -2.01. The SMILES string of the molecule is NCCCc1ncc(-c2cccc(Cl)c2Cl)[nH]1. The highest BCUT2D eigenvalue weighted by Gasteiger charge is 2.09. The first-order chi connectivity index (χ1) is 8.22. The lowest BCUT2D eigenvalue weighted by Gasteiger charge is -2.02. The highest BCUT2D eigenvalue weighted by Crippen LogP contribution is 2.32. The number of hydrogen-bond acceptors (Lipinski definition) is 2. The molecule has 0 spiro atoms. The molecule has 0 unspecified atom stereocenters. The number of imidazole rings is 1. The van der Waals surface area contributed by atoms with E-state index in [0.717, 1.165) is 29.9 Å². The summed E-state index contributed by atoms with van der Waals surface area (Å²) in [5.41, 5.74) is 7.20. The molecule has 3 N–H and O–H groups in total. The molecule has 0 radical (unpaired) electrons. The molecule has 1 aromatic heterocycles. The Hall–Kier alpha value is -1.03. The molecule has 0 aliphatic heterocycles. The van der Waals surface area contributed by atoms with E-state index in [1.807, 2.05) is 12.1 Å². The summed E-state index contributed by atoms with van der Waals surface area (Å²) >= 11 is 12.1. The van der Waals surface area contributed by atoms with Crippen molar-refractivity contribution in [2.45, 2.75) is 12.8 Å². The number of halogens is 2. The average Bonchev–Trinajstić information content (AvgIpc) is 2.78. The van der Waals surface area contributed by atoms with Crippen LogP contribution in [0.5, 0.6) is 0 Å². The molecule has 1 heterocycles. The maximum absolute atomic E-state index is 6.14. The third-order valence-corrected chi connectivity index (χ3v) is 3.31. The lowest BCUT2D eigenvalue weighted by atomic mass is 10.2. The van der Waals surface area contributed by atoms with Crippen molar-refractivity contribution in [1.29, 1.82) is 0 Å². The van der Waals surface area contributed by atoms with Gasteiger partial charge < -0.3 is 10.7 Å². The van der Waals surface area contributed by atoms with Crippen LogP contribution in [-0.4, -0.2) is 16.5 Å². The fraction of sp³-hybridized carbons (Fsp3) is 0.250. The summed E-state index contributed by atoms with van der Waals surface area (Å²) in [5, 5.41) is 1.09. The molecular formula is C12H13Cl2N3. The molecule has 0 aliphatic rings. The third-order valence-electron chi connectivity index (χ3n) is 2.49. The van der Waals surface area contributed by atoms with Crippen molar-refractivity contribution in [3.63, 3.8) is 0 Å². The van der Waals surface area contributed by atoms with Crippen LogP contribution >= 0.6 is 23.2 Å². The van der Waals surface area contributed by atoms with Gasteiger partial charge >= 0.3 is 0 Å². The van der Waals surface area contributed by atoms with Crippen LogP contribution in [-0.2, 0) is 6.42 Å². The van der Waals surface area contributed by atoms with E-state index in [4.69, 9.17) is 28.9 Å². The smallest absolute Gasteiger partial charge is 0.106 e. The second kappa shape index (κ2) is 5.54. The van der Waals surface area contributed by atoms with E-state index in [1.54, 1.807) is 12.3 Å². The zero-order chi connectivity index (χ0) is 12.3. The molecule has 1 aromatic carbocycles. The molecule has 0 aliphatic carbocycles. The number of H-pyrrole nitrogens is 1. The predicted molar refractivity (Wildman–Crippen MR) is 71.4 cm³/mol. The van der Waals surface area contributed by atoms with Gasteiger partial charge in [0, 0.05) is 12.0 Å². The van der Waals surface area contributed by atoms with E-state index in [2.05, 4.69) is 9.97 Å². The fourth-order valence-electron chi connectivity index (χ4n) is 1.61. The molecule has 0 saturated carbocycles. The summed E-state index contributed by atoms with van der Waals surface area (Å²) in [6.45, 7) is 0.661. The number of rotatable bonds is 4.